The minimum atomic E-state index is -0.995. The summed E-state index contributed by atoms with van der Waals surface area (Å²) in [6.07, 6.45) is 0.222. The van der Waals surface area contributed by atoms with Crippen LogP contribution in [0.1, 0.15) is 26.7 Å². The van der Waals surface area contributed by atoms with E-state index in [1.807, 2.05) is 0 Å². The fourth-order valence-electron chi connectivity index (χ4n) is 0. The Labute approximate surface area is 76.1 Å². The first-order valence-corrected chi connectivity index (χ1v) is 2.94. The second-order valence-corrected chi connectivity index (χ2v) is 1.45. The van der Waals surface area contributed by atoms with E-state index in [9.17, 15) is 19.8 Å². The first-order valence-electron chi connectivity index (χ1n) is 2.94. The van der Waals surface area contributed by atoms with Crippen molar-refractivity contribution in [3.05, 3.63) is 0 Å². The van der Waals surface area contributed by atoms with Crippen molar-refractivity contribution in [1.29, 1.82) is 0 Å². The third-order valence-electron chi connectivity index (χ3n) is 0.577. The van der Waals surface area contributed by atoms with Crippen molar-refractivity contribution in [3.8, 4) is 0 Å². The van der Waals surface area contributed by atoms with Crippen LogP contribution in [0.15, 0.2) is 0 Å². The number of carboxylic acids is 2. The van der Waals surface area contributed by atoms with E-state index in [2.05, 4.69) is 0 Å². The summed E-state index contributed by atoms with van der Waals surface area (Å²) in [4.78, 5) is 18.5. The molecular formula is C6H10CuO4. The Morgan fingerprint density at radius 3 is 1.09 bits per heavy atom. The monoisotopic (exact) mass is 209 g/mol. The molecule has 0 fully saturated rings. The second kappa shape index (κ2) is 12.2. The molecule has 1 radical (unpaired) electrons. The molecule has 0 N–H and O–H groups in total. The summed E-state index contributed by atoms with van der Waals surface area (Å²) in [6, 6.07) is 0. The molecule has 4 nitrogen and oxygen atoms in total. The summed E-state index contributed by atoms with van der Waals surface area (Å²) in [5.74, 6) is -1.99. The maximum absolute atomic E-state index is 9.26. The van der Waals surface area contributed by atoms with Crippen molar-refractivity contribution in [2.75, 3.05) is 0 Å². The molecule has 0 aliphatic carbocycles. The van der Waals surface area contributed by atoms with E-state index >= 15 is 0 Å². The maximum atomic E-state index is 9.26. The quantitative estimate of drug-likeness (QED) is 0.508. The molecule has 0 spiro atoms. The van der Waals surface area contributed by atoms with Crippen molar-refractivity contribution in [1.82, 2.24) is 0 Å². The van der Waals surface area contributed by atoms with Crippen molar-refractivity contribution in [2.45, 2.75) is 26.7 Å². The van der Waals surface area contributed by atoms with Gasteiger partial charge < -0.3 is 19.8 Å². The molecule has 0 bridgehead atoms. The van der Waals surface area contributed by atoms with Crippen LogP contribution in [-0.2, 0) is 26.7 Å². The number of aliphatic carboxylic acids is 2. The standard InChI is InChI=1S/2C3H6O2.Cu/c2*1-2-3(4)5;/h2*2H2,1H3,(H,4,5);/q;;+2/p-2. The van der Waals surface area contributed by atoms with E-state index in [4.69, 9.17) is 0 Å². The van der Waals surface area contributed by atoms with Gasteiger partial charge in [0, 0.05) is 11.9 Å². The van der Waals surface area contributed by atoms with Gasteiger partial charge in [-0.15, -0.1) is 0 Å². The predicted octanol–water partition coefficient (Wildman–Crippen LogP) is -1.71. The average Bonchev–Trinajstić information content (AvgIpc) is 1.89. The number of rotatable bonds is 2. The molecule has 0 unspecified atom stereocenters. The largest absolute Gasteiger partial charge is 2.00 e. The van der Waals surface area contributed by atoms with Crippen LogP contribution in [0.3, 0.4) is 0 Å². The molecule has 0 heterocycles. The van der Waals surface area contributed by atoms with Crippen molar-refractivity contribution >= 4 is 11.9 Å². The molecule has 0 aliphatic rings. The van der Waals surface area contributed by atoms with E-state index in [0.29, 0.717) is 0 Å². The molecule has 0 aliphatic heterocycles. The van der Waals surface area contributed by atoms with Crippen molar-refractivity contribution < 1.29 is 36.9 Å². The van der Waals surface area contributed by atoms with E-state index < -0.39 is 11.9 Å². The number of carboxylic acid groups (broad SMARTS) is 2. The van der Waals surface area contributed by atoms with Crippen LogP contribution < -0.4 is 10.2 Å². The van der Waals surface area contributed by atoms with Crippen LogP contribution in [0, 0.1) is 0 Å². The average molecular weight is 210 g/mol. The first-order chi connectivity index (χ1) is 4.54. The number of carbonyl (C=O) groups is 2. The Balaban J connectivity index is -0.000000107. The molecule has 0 rings (SSSR count). The molecule has 5 heteroatoms. The minimum absolute atomic E-state index is 0. The summed E-state index contributed by atoms with van der Waals surface area (Å²) in [7, 11) is 0. The van der Waals surface area contributed by atoms with Crippen LogP contribution in [0.25, 0.3) is 0 Å². The molecule has 0 saturated heterocycles. The number of hydrogen-bond donors (Lipinski definition) is 0. The Hall–Kier alpha value is -0.541. The minimum Gasteiger partial charge on any atom is -0.550 e. The molecule has 69 valence electrons. The first kappa shape index (κ1) is 16.8. The molecule has 0 aromatic carbocycles. The fourth-order valence-corrected chi connectivity index (χ4v) is 0. The van der Waals surface area contributed by atoms with Gasteiger partial charge in [0.25, 0.3) is 0 Å². The van der Waals surface area contributed by atoms with Crippen LogP contribution in [0.2, 0.25) is 0 Å². The topological polar surface area (TPSA) is 80.3 Å². The van der Waals surface area contributed by atoms with Gasteiger partial charge in [0.1, 0.15) is 0 Å². The third-order valence-corrected chi connectivity index (χ3v) is 0.577. The summed E-state index contributed by atoms with van der Waals surface area (Å²) in [6.45, 7) is 3.07. The Kier molecular flexibility index (Phi) is 18.6. The molecule has 0 amide bonds. The van der Waals surface area contributed by atoms with Gasteiger partial charge in [-0.05, 0) is 12.8 Å². The van der Waals surface area contributed by atoms with Crippen molar-refractivity contribution in [3.63, 3.8) is 0 Å². The maximum Gasteiger partial charge on any atom is 2.00 e. The van der Waals surface area contributed by atoms with Gasteiger partial charge in [0.05, 0.1) is 0 Å². The van der Waals surface area contributed by atoms with Gasteiger partial charge in [0.15, 0.2) is 0 Å². The second-order valence-electron chi connectivity index (χ2n) is 1.45. The summed E-state index contributed by atoms with van der Waals surface area (Å²) in [5.41, 5.74) is 0. The summed E-state index contributed by atoms with van der Waals surface area (Å²) >= 11 is 0. The van der Waals surface area contributed by atoms with Crippen LogP contribution in [0.5, 0.6) is 0 Å². The van der Waals surface area contributed by atoms with Crippen LogP contribution in [0.4, 0.5) is 0 Å². The number of hydrogen-bond acceptors (Lipinski definition) is 4. The van der Waals surface area contributed by atoms with Crippen LogP contribution in [-0.4, -0.2) is 11.9 Å². The summed E-state index contributed by atoms with van der Waals surface area (Å²) in [5, 5.41) is 18.5. The fraction of sp³-hybridized carbons (Fsp3) is 0.667. The molecule has 0 atom stereocenters. The van der Waals surface area contributed by atoms with Gasteiger partial charge >= 0.3 is 17.1 Å². The zero-order chi connectivity index (χ0) is 8.57. The van der Waals surface area contributed by atoms with Gasteiger partial charge in [-0.1, -0.05) is 13.8 Å². The van der Waals surface area contributed by atoms with Gasteiger partial charge in [-0.2, -0.15) is 0 Å². The zero-order valence-corrected chi connectivity index (χ0v) is 7.29. The van der Waals surface area contributed by atoms with Crippen LogP contribution >= 0.6 is 0 Å². The molecule has 0 aromatic heterocycles. The summed E-state index contributed by atoms with van der Waals surface area (Å²) < 4.78 is 0. The van der Waals surface area contributed by atoms with E-state index in [-0.39, 0.29) is 29.9 Å². The van der Waals surface area contributed by atoms with E-state index in [1.165, 1.54) is 13.8 Å². The Morgan fingerprint density at radius 2 is 1.09 bits per heavy atom. The van der Waals surface area contributed by atoms with E-state index in [1.54, 1.807) is 0 Å². The van der Waals surface area contributed by atoms with Gasteiger partial charge in [-0.3, -0.25) is 0 Å². The SMILES string of the molecule is CCC(=O)[O-].CCC(=O)[O-].[Cu+2]. The third kappa shape index (κ3) is 44.0. The normalized spacial score (nSPS) is 6.73. The molecular weight excluding hydrogens is 200 g/mol. The predicted molar refractivity (Wildman–Crippen MR) is 30.6 cm³/mol. The molecule has 11 heavy (non-hydrogen) atoms. The van der Waals surface area contributed by atoms with Crippen molar-refractivity contribution in [2.24, 2.45) is 0 Å². The van der Waals surface area contributed by atoms with Gasteiger partial charge in [0.2, 0.25) is 0 Å². The molecule has 0 aromatic rings. The zero-order valence-electron chi connectivity index (χ0n) is 6.35. The Morgan fingerprint density at radius 1 is 1.00 bits per heavy atom. The molecule has 0 saturated carbocycles. The smallest absolute Gasteiger partial charge is 0.550 e. The Bertz CT molecular complexity index is 99.1. The van der Waals surface area contributed by atoms with E-state index in [0.717, 1.165) is 0 Å². The number of carbonyl (C=O) groups excluding carboxylic acids is 2. The van der Waals surface area contributed by atoms with Gasteiger partial charge in [-0.25, -0.2) is 0 Å².